The Morgan fingerprint density at radius 3 is 2.48 bits per heavy atom. The summed E-state index contributed by atoms with van der Waals surface area (Å²) >= 11 is 0. The van der Waals surface area contributed by atoms with Crippen LogP contribution in [0.5, 0.6) is 5.75 Å². The number of fused-ring (bicyclic) bond motifs is 2. The van der Waals surface area contributed by atoms with E-state index in [2.05, 4.69) is 73.2 Å². The van der Waals surface area contributed by atoms with Crippen molar-refractivity contribution in [3.63, 3.8) is 0 Å². The maximum Gasteiger partial charge on any atom is 0.329 e. The van der Waals surface area contributed by atoms with Crippen LogP contribution in [0.1, 0.15) is 90.5 Å². The van der Waals surface area contributed by atoms with Crippen LogP contribution >= 0.6 is 0 Å². The molecule has 2 saturated heterocycles. The van der Waals surface area contributed by atoms with E-state index < -0.39 is 11.9 Å². The topological polar surface area (TPSA) is 167 Å². The van der Waals surface area contributed by atoms with Crippen molar-refractivity contribution in [2.45, 2.75) is 102 Å². The summed E-state index contributed by atoms with van der Waals surface area (Å²) in [6, 6.07) is 13.2. The third kappa shape index (κ3) is 9.07. The molecule has 320 valence electrons. The summed E-state index contributed by atoms with van der Waals surface area (Å²) in [5.41, 5.74) is 4.79. The molecule has 2 saturated carbocycles. The highest BCUT2D eigenvalue weighted by atomic mass is 16.5. The van der Waals surface area contributed by atoms with Crippen molar-refractivity contribution in [2.24, 2.45) is 13.0 Å². The van der Waals surface area contributed by atoms with Crippen LogP contribution in [-0.4, -0.2) is 109 Å². The number of H-pyrrole nitrogens is 1. The van der Waals surface area contributed by atoms with E-state index in [9.17, 15) is 19.5 Å². The predicted molar refractivity (Wildman–Crippen MR) is 233 cm³/mol. The van der Waals surface area contributed by atoms with E-state index >= 15 is 0 Å². The van der Waals surface area contributed by atoms with Crippen LogP contribution in [0, 0.1) is 5.92 Å². The molecule has 4 aliphatic rings. The number of carbonyl (C=O) groups excluding carboxylic acids is 2. The Morgan fingerprint density at radius 2 is 1.75 bits per heavy atom. The smallest absolute Gasteiger partial charge is 0.329 e. The van der Waals surface area contributed by atoms with E-state index in [0.29, 0.717) is 24.8 Å². The molecular weight excluding hydrogens is 761 g/mol. The van der Waals surface area contributed by atoms with Gasteiger partial charge in [0.1, 0.15) is 35.2 Å². The molecule has 15 nitrogen and oxygen atoms in total. The summed E-state index contributed by atoms with van der Waals surface area (Å²) in [5.74, 6) is 1.98. The van der Waals surface area contributed by atoms with Gasteiger partial charge in [-0.15, -0.1) is 0 Å². The van der Waals surface area contributed by atoms with Gasteiger partial charge in [-0.25, -0.2) is 14.8 Å². The number of nitrogens with one attached hydrogen (secondary N) is 2. The van der Waals surface area contributed by atoms with E-state index in [1.165, 1.54) is 43.2 Å². The monoisotopic (exact) mass is 820 g/mol. The van der Waals surface area contributed by atoms with Gasteiger partial charge < -0.3 is 24.5 Å². The van der Waals surface area contributed by atoms with Crippen molar-refractivity contribution in [3.8, 4) is 17.1 Å². The van der Waals surface area contributed by atoms with Gasteiger partial charge in [0.15, 0.2) is 0 Å². The highest BCUT2D eigenvalue weighted by molar-refractivity contribution is 6.00. The second-order valence-electron chi connectivity index (χ2n) is 17.5. The van der Waals surface area contributed by atoms with Crippen LogP contribution in [0.2, 0.25) is 0 Å². The zero-order valence-electron chi connectivity index (χ0n) is 35.5. The third-order valence-corrected chi connectivity index (χ3v) is 12.9. The van der Waals surface area contributed by atoms with Gasteiger partial charge in [0.2, 0.25) is 11.8 Å². The van der Waals surface area contributed by atoms with Gasteiger partial charge in [0.05, 0.1) is 34.0 Å². The first-order valence-electron chi connectivity index (χ1n) is 21.9. The normalized spacial score (nSPS) is 19.7. The molecule has 0 spiro atoms. The first-order valence-corrected chi connectivity index (χ1v) is 21.9. The minimum atomic E-state index is -0.678. The number of piperidine rings is 2. The molecule has 15 heteroatoms. The van der Waals surface area contributed by atoms with E-state index in [0.717, 1.165) is 96.5 Å². The summed E-state index contributed by atoms with van der Waals surface area (Å²) in [5, 5.41) is 20.8. The number of likely N-dealkylation sites (N-methyl/N-ethyl adjacent to an activating group) is 2. The second-order valence-corrected chi connectivity index (χ2v) is 17.5. The number of aromatic nitrogens is 6. The maximum atomic E-state index is 12.9. The molecule has 4 fully saturated rings. The van der Waals surface area contributed by atoms with Gasteiger partial charge in [0.25, 0.3) is 0 Å². The molecule has 1 unspecified atom stereocenters. The maximum absolute atomic E-state index is 12.9. The molecule has 1 atom stereocenters. The van der Waals surface area contributed by atoms with Gasteiger partial charge in [-0.3, -0.25) is 29.1 Å². The van der Waals surface area contributed by atoms with Crippen molar-refractivity contribution in [1.29, 1.82) is 0 Å². The molecule has 3 aromatic heterocycles. The Bertz CT molecular complexity index is 2370. The lowest BCUT2D eigenvalue weighted by Crippen LogP contribution is -2.44. The molecule has 0 bridgehead atoms. The van der Waals surface area contributed by atoms with Crippen LogP contribution in [0.25, 0.3) is 33.3 Å². The number of rotatable bonds is 12. The van der Waals surface area contributed by atoms with Crippen LogP contribution in [-0.2, 0) is 16.6 Å². The van der Waals surface area contributed by atoms with Crippen molar-refractivity contribution in [2.75, 3.05) is 56.1 Å². The Kier molecular flexibility index (Phi) is 12.3. The number of carbonyl (C=O) groups is 2. The number of aliphatic hydroxyl groups is 1. The highest BCUT2D eigenvalue weighted by Gasteiger charge is 2.40. The van der Waals surface area contributed by atoms with Crippen LogP contribution < -0.4 is 25.5 Å². The first kappa shape index (κ1) is 41.5. The van der Waals surface area contributed by atoms with Gasteiger partial charge in [-0.1, -0.05) is 25.3 Å². The SMILES string of the molecule is CCN(CCN(C)CC1CCCCC1)c1cc(-c2n[nH]c3ccc(OC4(C)CC4)cc23)ncn1.Cn1c(=O)n(C2CCC(=O)NC2=O)c2cccc(N3CCC(O)CC3)c21. The van der Waals surface area contributed by atoms with E-state index in [4.69, 9.17) is 4.74 Å². The molecule has 5 aromatic rings. The number of hydrogen-bond acceptors (Lipinski definition) is 11. The fourth-order valence-corrected chi connectivity index (χ4v) is 9.10. The number of nitrogens with zero attached hydrogens (tertiary/aromatic N) is 8. The number of benzene rings is 2. The minimum Gasteiger partial charge on any atom is -0.488 e. The van der Waals surface area contributed by atoms with E-state index in [1.54, 1.807) is 17.9 Å². The number of imide groups is 1. The van der Waals surface area contributed by atoms with Gasteiger partial charge in [-0.05, 0) is 102 Å². The Balaban J connectivity index is 0.000000172. The lowest BCUT2D eigenvalue weighted by Gasteiger charge is -2.32. The van der Waals surface area contributed by atoms with Gasteiger partial charge >= 0.3 is 5.69 Å². The van der Waals surface area contributed by atoms with Crippen LogP contribution in [0.4, 0.5) is 11.5 Å². The Labute approximate surface area is 351 Å². The van der Waals surface area contributed by atoms with Gasteiger partial charge in [0, 0.05) is 64.2 Å². The molecule has 60 heavy (non-hydrogen) atoms. The number of aromatic amines is 1. The Morgan fingerprint density at radius 1 is 0.967 bits per heavy atom. The van der Waals surface area contributed by atoms with Crippen molar-refractivity contribution in [1.82, 2.24) is 39.5 Å². The summed E-state index contributed by atoms with van der Waals surface area (Å²) in [6.45, 7) is 9.89. The quantitative estimate of drug-likeness (QED) is 0.135. The number of anilines is 2. The summed E-state index contributed by atoms with van der Waals surface area (Å²) < 4.78 is 9.25. The number of aliphatic hydroxyl groups excluding tert-OH is 1. The summed E-state index contributed by atoms with van der Waals surface area (Å²) in [6.07, 6.45) is 12.5. The first-order chi connectivity index (χ1) is 29.0. The molecule has 2 amide bonds. The fourth-order valence-electron chi connectivity index (χ4n) is 9.10. The molecular formula is C45H60N10O5. The average Bonchev–Trinajstić information content (AvgIpc) is 3.73. The highest BCUT2D eigenvalue weighted by Crippen LogP contribution is 2.41. The van der Waals surface area contributed by atoms with Crippen LogP contribution in [0.15, 0.2) is 53.6 Å². The molecule has 3 N–H and O–H groups in total. The summed E-state index contributed by atoms with van der Waals surface area (Å²) in [4.78, 5) is 52.8. The summed E-state index contributed by atoms with van der Waals surface area (Å²) in [7, 11) is 3.96. The zero-order valence-corrected chi connectivity index (χ0v) is 35.5. The van der Waals surface area contributed by atoms with E-state index in [-0.39, 0.29) is 29.7 Å². The molecule has 2 aliphatic heterocycles. The van der Waals surface area contributed by atoms with Crippen molar-refractivity contribution < 1.29 is 19.4 Å². The molecule has 0 radical (unpaired) electrons. The van der Waals surface area contributed by atoms with E-state index in [1.807, 2.05) is 30.3 Å². The lowest BCUT2D eigenvalue weighted by atomic mass is 9.89. The number of aryl methyl sites for hydroxylation is 1. The fraction of sp³-hybridized carbons (Fsp3) is 0.556. The van der Waals surface area contributed by atoms with Crippen LogP contribution in [0.3, 0.4) is 0 Å². The van der Waals surface area contributed by atoms with Crippen molar-refractivity contribution >= 4 is 45.3 Å². The molecule has 5 heterocycles. The Hall–Kier alpha value is -5.28. The van der Waals surface area contributed by atoms with Crippen molar-refractivity contribution in [3.05, 3.63) is 59.3 Å². The average molecular weight is 821 g/mol. The van der Waals surface area contributed by atoms with Gasteiger partial charge in [-0.2, -0.15) is 5.10 Å². The number of para-hydroxylation sites is 1. The second kappa shape index (κ2) is 17.7. The lowest BCUT2D eigenvalue weighted by molar-refractivity contribution is -0.135. The number of imidazole rings is 1. The minimum absolute atomic E-state index is 0.00850. The molecule has 9 rings (SSSR count). The predicted octanol–water partition coefficient (Wildman–Crippen LogP) is 5.57. The standard InChI is InChI=1S/C27H38N6O.C18H22N4O4/c1-4-33(15-14-32(3)18-20-8-6-5-7-9-20)25-17-24(28-19-29-25)26-22-16-21(34-27(2)12-13-27)10-11-23(22)30-31-26;1-20-16-12(21-9-7-11(23)8-10-21)3-2-4-13(16)22(18(20)26)14-5-6-15(24)19-17(14)25/h10-11,16-17,19-20H,4-9,12-15,18H2,1-3H3,(H,30,31);2-4,11,14,23H,5-10H2,1H3,(H,19,24,25). The third-order valence-electron chi connectivity index (χ3n) is 12.9. The number of ether oxygens (including phenoxy) is 1. The number of hydrogen-bond donors (Lipinski definition) is 3. The molecule has 2 aliphatic carbocycles. The number of amides is 2. The molecule has 2 aromatic carbocycles. The largest absolute Gasteiger partial charge is 0.488 e. The zero-order chi connectivity index (χ0) is 42.0.